The second-order valence-electron chi connectivity index (χ2n) is 3.55. The molecule has 3 nitrogen and oxygen atoms in total. The van der Waals surface area contributed by atoms with Crippen LogP contribution in [0.25, 0.3) is 0 Å². The van der Waals surface area contributed by atoms with Gasteiger partial charge in [-0.25, -0.2) is 17.6 Å². The Morgan fingerprint density at radius 3 is 1.50 bits per heavy atom. The number of rotatable bonds is 2. The van der Waals surface area contributed by atoms with Gasteiger partial charge in [-0.3, -0.25) is 15.4 Å². The number of carbonyl (C=O) groups excluding carboxylic acids is 1. The van der Waals surface area contributed by atoms with Crippen molar-refractivity contribution in [1.29, 1.82) is 0 Å². The molecule has 0 saturated carbocycles. The highest BCUT2D eigenvalue weighted by atomic mass is 19.3. The lowest BCUT2D eigenvalue weighted by molar-refractivity contribution is -0.165. The Kier molecular flexibility index (Phi) is 1.87. The third-order valence-corrected chi connectivity index (χ3v) is 2.50. The Balaban J connectivity index is 2.03. The lowest BCUT2D eigenvalue weighted by Crippen LogP contribution is -2.75. The number of hydrogen-bond donors (Lipinski definition) is 2. The normalized spacial score (nSPS) is 38.3. The van der Waals surface area contributed by atoms with E-state index in [2.05, 4.69) is 10.6 Å². The van der Waals surface area contributed by atoms with E-state index in [1.54, 1.807) is 0 Å². The molecule has 0 bridgehead atoms. The molecule has 0 aromatic rings. The molecule has 80 valence electrons. The fourth-order valence-electron chi connectivity index (χ4n) is 1.50. The highest BCUT2D eigenvalue weighted by molar-refractivity contribution is 5.92. The summed E-state index contributed by atoms with van der Waals surface area (Å²) in [6.07, 6.45) is 0. The highest BCUT2D eigenvalue weighted by Crippen LogP contribution is 2.33. The van der Waals surface area contributed by atoms with Gasteiger partial charge in [0.2, 0.25) is 0 Å². The van der Waals surface area contributed by atoms with Gasteiger partial charge in [0.25, 0.3) is 11.8 Å². The molecule has 2 fully saturated rings. The van der Waals surface area contributed by atoms with Gasteiger partial charge in [0.15, 0.2) is 5.78 Å². The number of Topliss-reactive ketones (excluding diaryl/α,β-unsaturated/α-hetero) is 1. The molecule has 14 heavy (non-hydrogen) atoms. The van der Waals surface area contributed by atoms with Gasteiger partial charge in [-0.05, 0) is 0 Å². The molecular weight excluding hydrogens is 204 g/mol. The van der Waals surface area contributed by atoms with Crippen molar-refractivity contribution in [3.63, 3.8) is 0 Å². The maximum Gasteiger partial charge on any atom is 0.282 e. The summed E-state index contributed by atoms with van der Waals surface area (Å²) in [6, 6.07) is -3.52. The third kappa shape index (κ3) is 1.23. The Morgan fingerprint density at radius 2 is 1.36 bits per heavy atom. The second kappa shape index (κ2) is 2.66. The molecule has 0 aromatic heterocycles. The summed E-state index contributed by atoms with van der Waals surface area (Å²) >= 11 is 0. The lowest BCUT2D eigenvalue weighted by atomic mass is 9.87. The molecule has 2 heterocycles. The van der Waals surface area contributed by atoms with Crippen LogP contribution in [-0.2, 0) is 4.79 Å². The third-order valence-electron chi connectivity index (χ3n) is 2.50. The summed E-state index contributed by atoms with van der Waals surface area (Å²) in [5.74, 6) is -7.54. The van der Waals surface area contributed by atoms with Crippen LogP contribution in [0.1, 0.15) is 0 Å². The van der Waals surface area contributed by atoms with Gasteiger partial charge in [-0.2, -0.15) is 0 Å². The topological polar surface area (TPSA) is 41.1 Å². The van der Waals surface area contributed by atoms with E-state index in [0.29, 0.717) is 0 Å². The van der Waals surface area contributed by atoms with Gasteiger partial charge in [-0.15, -0.1) is 0 Å². The minimum absolute atomic E-state index is 0.623. The maximum atomic E-state index is 12.7. The second-order valence-corrected chi connectivity index (χ2v) is 3.55. The van der Waals surface area contributed by atoms with Gasteiger partial charge in [-0.1, -0.05) is 0 Å². The Hall–Kier alpha value is -0.690. The average Bonchev–Trinajstić information content (AvgIpc) is 2.00. The predicted octanol–water partition coefficient (Wildman–Crippen LogP) is -0.230. The molecule has 2 N–H and O–H groups in total. The minimum Gasteiger partial charge on any atom is -0.297 e. The number of halogens is 4. The van der Waals surface area contributed by atoms with E-state index in [0.717, 1.165) is 0 Å². The van der Waals surface area contributed by atoms with Crippen molar-refractivity contribution in [2.45, 2.75) is 23.9 Å². The molecular formula is C7H8F4N2O. The largest absolute Gasteiger partial charge is 0.297 e. The van der Waals surface area contributed by atoms with Gasteiger partial charge in [0, 0.05) is 0 Å². The van der Waals surface area contributed by atoms with Crippen molar-refractivity contribution in [2.24, 2.45) is 0 Å². The van der Waals surface area contributed by atoms with Gasteiger partial charge in [0.1, 0.15) is 12.1 Å². The number of alkyl halides is 4. The predicted molar refractivity (Wildman–Crippen MR) is 38.5 cm³/mol. The highest BCUT2D eigenvalue weighted by Gasteiger charge is 2.61. The van der Waals surface area contributed by atoms with E-state index >= 15 is 0 Å². The van der Waals surface area contributed by atoms with E-state index in [1.165, 1.54) is 0 Å². The Labute approximate surface area is 76.8 Å². The minimum atomic E-state index is -3.19. The average molecular weight is 212 g/mol. The summed E-state index contributed by atoms with van der Waals surface area (Å²) in [5.41, 5.74) is 0. The van der Waals surface area contributed by atoms with Crippen LogP contribution in [0.15, 0.2) is 0 Å². The van der Waals surface area contributed by atoms with Crippen LogP contribution in [0.5, 0.6) is 0 Å². The Bertz CT molecular complexity index is 255. The van der Waals surface area contributed by atoms with Gasteiger partial charge in [0.05, 0.1) is 13.1 Å². The van der Waals surface area contributed by atoms with Crippen LogP contribution in [0.4, 0.5) is 17.6 Å². The van der Waals surface area contributed by atoms with Crippen molar-refractivity contribution in [2.75, 3.05) is 13.1 Å². The molecule has 0 radical (unpaired) electrons. The van der Waals surface area contributed by atoms with Crippen LogP contribution in [0, 0.1) is 0 Å². The van der Waals surface area contributed by atoms with Crippen LogP contribution >= 0.6 is 0 Å². The number of hydrogen-bond acceptors (Lipinski definition) is 3. The van der Waals surface area contributed by atoms with Crippen LogP contribution in [0.3, 0.4) is 0 Å². The zero-order chi connectivity index (χ0) is 10.6. The fourth-order valence-corrected chi connectivity index (χ4v) is 1.50. The summed E-state index contributed by atoms with van der Waals surface area (Å²) in [4.78, 5) is 11.2. The smallest absolute Gasteiger partial charge is 0.282 e. The van der Waals surface area contributed by atoms with Crippen molar-refractivity contribution < 1.29 is 22.4 Å². The first-order chi connectivity index (χ1) is 6.34. The van der Waals surface area contributed by atoms with Crippen molar-refractivity contribution in [3.8, 4) is 0 Å². The summed E-state index contributed by atoms with van der Waals surface area (Å²) in [5, 5.41) is 4.30. The molecule has 0 amide bonds. The van der Waals surface area contributed by atoms with Crippen LogP contribution in [-0.4, -0.2) is 42.8 Å². The number of carbonyl (C=O) groups is 1. The quantitative estimate of drug-likeness (QED) is 0.621. The fraction of sp³-hybridized carbons (Fsp3) is 0.857. The van der Waals surface area contributed by atoms with Crippen molar-refractivity contribution in [1.82, 2.24) is 10.6 Å². The first-order valence-electron chi connectivity index (χ1n) is 4.11. The molecule has 0 aliphatic carbocycles. The molecule has 2 aliphatic rings. The molecule has 2 unspecified atom stereocenters. The summed E-state index contributed by atoms with van der Waals surface area (Å²) < 4.78 is 50.7. The summed E-state index contributed by atoms with van der Waals surface area (Å²) in [7, 11) is 0. The van der Waals surface area contributed by atoms with Gasteiger partial charge >= 0.3 is 0 Å². The van der Waals surface area contributed by atoms with Crippen LogP contribution < -0.4 is 10.6 Å². The maximum absolute atomic E-state index is 12.7. The van der Waals surface area contributed by atoms with E-state index in [-0.39, 0.29) is 0 Å². The lowest BCUT2D eigenvalue weighted by Gasteiger charge is -2.43. The van der Waals surface area contributed by atoms with E-state index in [4.69, 9.17) is 0 Å². The van der Waals surface area contributed by atoms with E-state index in [1.807, 2.05) is 0 Å². The van der Waals surface area contributed by atoms with E-state index in [9.17, 15) is 22.4 Å². The molecule has 0 spiro atoms. The van der Waals surface area contributed by atoms with E-state index < -0.39 is 42.8 Å². The van der Waals surface area contributed by atoms with Crippen molar-refractivity contribution in [3.05, 3.63) is 0 Å². The molecule has 2 rings (SSSR count). The molecule has 2 saturated heterocycles. The summed E-state index contributed by atoms with van der Waals surface area (Å²) in [6.45, 7) is -1.25. The molecule has 2 atom stereocenters. The number of nitrogens with one attached hydrogen (secondary N) is 2. The number of ketones is 1. The van der Waals surface area contributed by atoms with Crippen LogP contribution in [0.2, 0.25) is 0 Å². The standard InChI is InChI=1S/C7H8F4N2O/c8-6(9)1-12-4(6)3(14)5-7(10,11)2-13-5/h4-5,12-13H,1-2H2. The molecule has 2 aliphatic heterocycles. The zero-order valence-corrected chi connectivity index (χ0v) is 6.99. The van der Waals surface area contributed by atoms with Crippen molar-refractivity contribution >= 4 is 5.78 Å². The Morgan fingerprint density at radius 1 is 1.00 bits per heavy atom. The monoisotopic (exact) mass is 212 g/mol. The molecule has 0 aromatic carbocycles. The zero-order valence-electron chi connectivity index (χ0n) is 6.99. The SMILES string of the molecule is O=C(C1NCC1(F)F)C1NCC1(F)F. The van der Waals surface area contributed by atoms with Gasteiger partial charge < -0.3 is 0 Å². The first-order valence-corrected chi connectivity index (χ1v) is 4.11. The molecule has 7 heteroatoms. The first kappa shape index (κ1) is 9.85.